The van der Waals surface area contributed by atoms with Gasteiger partial charge in [-0.15, -0.1) is 22.7 Å². The highest BCUT2D eigenvalue weighted by molar-refractivity contribution is 7.19. The molecule has 25 heavy (non-hydrogen) atoms. The summed E-state index contributed by atoms with van der Waals surface area (Å²) in [7, 11) is 0. The Morgan fingerprint density at radius 1 is 1.12 bits per heavy atom. The normalized spacial score (nSPS) is 13.3. The van der Waals surface area contributed by atoms with Gasteiger partial charge >= 0.3 is 0 Å². The zero-order chi connectivity index (χ0) is 16.6. The summed E-state index contributed by atoms with van der Waals surface area (Å²) in [6, 6.07) is 8.17. The molecule has 0 unspecified atom stereocenters. The Kier molecular flexibility index (Phi) is 3.72. The largest absolute Gasteiger partial charge is 0.365 e. The van der Waals surface area contributed by atoms with E-state index in [2.05, 4.69) is 27.8 Å². The van der Waals surface area contributed by atoms with Crippen LogP contribution in [-0.2, 0) is 19.4 Å². The van der Waals surface area contributed by atoms with Gasteiger partial charge in [-0.25, -0.2) is 9.97 Å². The van der Waals surface area contributed by atoms with Crippen LogP contribution in [0.25, 0.3) is 21.6 Å². The molecule has 0 fully saturated rings. The number of nitrogens with zero attached hydrogens (tertiary/aromatic N) is 3. The molecule has 1 aliphatic carbocycles. The van der Waals surface area contributed by atoms with E-state index in [1.807, 2.05) is 29.7 Å². The van der Waals surface area contributed by atoms with E-state index in [1.54, 1.807) is 17.5 Å². The first kappa shape index (κ1) is 15.0. The van der Waals surface area contributed by atoms with E-state index >= 15 is 0 Å². The molecular weight excluding hydrogens is 348 g/mol. The van der Waals surface area contributed by atoms with E-state index in [0.29, 0.717) is 0 Å². The third-order valence-electron chi connectivity index (χ3n) is 4.49. The molecule has 6 heteroatoms. The molecule has 0 saturated heterocycles. The lowest BCUT2D eigenvalue weighted by molar-refractivity contribution is 0.917. The number of nitrogens with one attached hydrogen (secondary N) is 1. The van der Waals surface area contributed by atoms with Crippen LogP contribution in [0.5, 0.6) is 0 Å². The van der Waals surface area contributed by atoms with Gasteiger partial charge in [0.1, 0.15) is 10.6 Å². The highest BCUT2D eigenvalue weighted by Gasteiger charge is 2.22. The fourth-order valence-electron chi connectivity index (χ4n) is 3.33. The van der Waals surface area contributed by atoms with E-state index in [9.17, 15) is 0 Å². The molecule has 5 rings (SSSR count). The van der Waals surface area contributed by atoms with Crippen LogP contribution in [0.4, 0.5) is 5.82 Å². The smallest absolute Gasteiger partial charge is 0.164 e. The SMILES string of the molecule is c1cncc(-c2nc(NCc3cccs3)c3c4c(sc3n2)CCC4)c1. The number of aryl methyl sites for hydroxylation is 2. The Morgan fingerprint density at radius 3 is 2.96 bits per heavy atom. The molecule has 1 aliphatic rings. The van der Waals surface area contributed by atoms with Crippen LogP contribution in [0.3, 0.4) is 0 Å². The average Bonchev–Trinajstić information content (AvgIpc) is 3.37. The molecule has 0 amide bonds. The molecule has 0 aliphatic heterocycles. The van der Waals surface area contributed by atoms with Gasteiger partial charge in [0.05, 0.1) is 11.9 Å². The predicted molar refractivity (Wildman–Crippen MR) is 104 cm³/mol. The van der Waals surface area contributed by atoms with Crippen molar-refractivity contribution < 1.29 is 0 Å². The molecule has 4 heterocycles. The predicted octanol–water partition coefficient (Wildman–Crippen LogP) is 4.92. The van der Waals surface area contributed by atoms with E-state index < -0.39 is 0 Å². The van der Waals surface area contributed by atoms with Gasteiger partial charge in [0.2, 0.25) is 0 Å². The molecule has 0 saturated carbocycles. The minimum Gasteiger partial charge on any atom is -0.365 e. The maximum atomic E-state index is 4.87. The Balaban J connectivity index is 1.63. The first-order chi connectivity index (χ1) is 12.4. The van der Waals surface area contributed by atoms with Crippen molar-refractivity contribution in [3.63, 3.8) is 0 Å². The first-order valence-electron chi connectivity index (χ1n) is 8.37. The highest BCUT2D eigenvalue weighted by Crippen LogP contribution is 2.40. The second-order valence-electron chi connectivity index (χ2n) is 6.11. The van der Waals surface area contributed by atoms with Crippen LogP contribution in [0.2, 0.25) is 0 Å². The zero-order valence-corrected chi connectivity index (χ0v) is 15.2. The van der Waals surface area contributed by atoms with Crippen molar-refractivity contribution in [3.05, 3.63) is 57.4 Å². The lowest BCUT2D eigenvalue weighted by Gasteiger charge is -2.09. The number of pyridine rings is 1. The monoisotopic (exact) mass is 364 g/mol. The van der Waals surface area contributed by atoms with Crippen molar-refractivity contribution in [2.45, 2.75) is 25.8 Å². The number of hydrogen-bond donors (Lipinski definition) is 1. The Bertz CT molecular complexity index is 1020. The lowest BCUT2D eigenvalue weighted by Crippen LogP contribution is -2.03. The van der Waals surface area contributed by atoms with Crippen LogP contribution in [-0.4, -0.2) is 15.0 Å². The van der Waals surface area contributed by atoms with Crippen LogP contribution >= 0.6 is 22.7 Å². The fraction of sp³-hybridized carbons (Fsp3) is 0.211. The number of thiophene rings is 2. The number of aromatic nitrogens is 3. The Morgan fingerprint density at radius 2 is 2.12 bits per heavy atom. The van der Waals surface area contributed by atoms with Gasteiger partial charge in [0.25, 0.3) is 0 Å². The quantitative estimate of drug-likeness (QED) is 0.559. The summed E-state index contributed by atoms with van der Waals surface area (Å²) in [5.74, 6) is 1.70. The summed E-state index contributed by atoms with van der Waals surface area (Å²) in [4.78, 5) is 17.8. The summed E-state index contributed by atoms with van der Waals surface area (Å²) >= 11 is 3.59. The summed E-state index contributed by atoms with van der Waals surface area (Å²) in [5.41, 5.74) is 2.41. The molecule has 4 nitrogen and oxygen atoms in total. The standard InChI is InChI=1S/C19H16N4S2/c1-6-14-15(7-1)25-19-16(14)18(21-11-13-5-3-9-24-13)22-17(23-19)12-4-2-8-20-10-12/h2-5,8-10H,1,6-7,11H2,(H,21,22,23). The van der Waals surface area contributed by atoms with Crippen molar-refractivity contribution in [2.24, 2.45) is 0 Å². The van der Waals surface area contributed by atoms with E-state index in [4.69, 9.17) is 9.97 Å². The molecule has 1 N–H and O–H groups in total. The van der Waals surface area contributed by atoms with Gasteiger partial charge in [-0.3, -0.25) is 4.98 Å². The molecule has 4 aromatic rings. The summed E-state index contributed by atoms with van der Waals surface area (Å²) in [6.45, 7) is 0.793. The maximum Gasteiger partial charge on any atom is 0.164 e. The number of fused-ring (bicyclic) bond motifs is 3. The zero-order valence-electron chi connectivity index (χ0n) is 13.5. The highest BCUT2D eigenvalue weighted by atomic mass is 32.1. The summed E-state index contributed by atoms with van der Waals surface area (Å²) < 4.78 is 0. The Hall–Kier alpha value is -2.31. The summed E-state index contributed by atoms with van der Waals surface area (Å²) in [6.07, 6.45) is 7.15. The topological polar surface area (TPSA) is 50.7 Å². The molecular formula is C19H16N4S2. The van der Waals surface area contributed by atoms with Crippen molar-refractivity contribution in [1.82, 2.24) is 15.0 Å². The van der Waals surface area contributed by atoms with Crippen LogP contribution in [0.1, 0.15) is 21.7 Å². The van der Waals surface area contributed by atoms with Crippen LogP contribution < -0.4 is 5.32 Å². The van der Waals surface area contributed by atoms with Crippen LogP contribution in [0, 0.1) is 0 Å². The van der Waals surface area contributed by atoms with Crippen molar-refractivity contribution in [2.75, 3.05) is 5.32 Å². The number of hydrogen-bond acceptors (Lipinski definition) is 6. The van der Waals surface area contributed by atoms with Crippen LogP contribution in [0.15, 0.2) is 42.0 Å². The van der Waals surface area contributed by atoms with Crippen molar-refractivity contribution >= 4 is 38.7 Å². The average molecular weight is 364 g/mol. The third kappa shape index (κ3) is 2.71. The molecule has 4 aromatic heterocycles. The van der Waals surface area contributed by atoms with Gasteiger partial charge in [-0.1, -0.05) is 6.07 Å². The summed E-state index contributed by atoms with van der Waals surface area (Å²) in [5, 5.41) is 6.89. The Labute approximate surface area is 153 Å². The first-order valence-corrected chi connectivity index (χ1v) is 10.1. The second kappa shape index (κ2) is 6.20. The van der Waals surface area contributed by atoms with Gasteiger partial charge in [-0.05, 0) is 48.4 Å². The van der Waals surface area contributed by atoms with Crippen molar-refractivity contribution in [1.29, 1.82) is 0 Å². The minimum atomic E-state index is 0.745. The maximum absolute atomic E-state index is 4.87. The number of rotatable bonds is 4. The van der Waals surface area contributed by atoms with E-state index in [-0.39, 0.29) is 0 Å². The number of anilines is 1. The molecule has 0 aromatic carbocycles. The molecule has 124 valence electrons. The van der Waals surface area contributed by atoms with Crippen molar-refractivity contribution in [3.8, 4) is 11.4 Å². The van der Waals surface area contributed by atoms with Gasteiger partial charge in [0.15, 0.2) is 5.82 Å². The molecule has 0 spiro atoms. The molecule has 0 radical (unpaired) electrons. The van der Waals surface area contributed by atoms with Gasteiger partial charge in [-0.2, -0.15) is 0 Å². The fourth-order valence-corrected chi connectivity index (χ4v) is 5.24. The minimum absolute atomic E-state index is 0.745. The second-order valence-corrected chi connectivity index (χ2v) is 8.22. The third-order valence-corrected chi connectivity index (χ3v) is 6.56. The van der Waals surface area contributed by atoms with E-state index in [0.717, 1.165) is 35.0 Å². The van der Waals surface area contributed by atoms with Gasteiger partial charge < -0.3 is 5.32 Å². The molecule has 0 atom stereocenters. The van der Waals surface area contributed by atoms with E-state index in [1.165, 1.54) is 33.5 Å². The lowest BCUT2D eigenvalue weighted by atomic mass is 10.2. The van der Waals surface area contributed by atoms with Gasteiger partial charge in [0, 0.05) is 27.7 Å². The molecule has 0 bridgehead atoms.